The van der Waals surface area contributed by atoms with E-state index in [-0.39, 0.29) is 48.7 Å². The summed E-state index contributed by atoms with van der Waals surface area (Å²) in [5.41, 5.74) is 4.76. The number of piperazine rings is 1. The van der Waals surface area contributed by atoms with E-state index in [0.29, 0.717) is 6.54 Å². The molecule has 1 N–H and O–H groups in total. The third-order valence-electron chi connectivity index (χ3n) is 6.47. The molecule has 2 saturated heterocycles. The van der Waals surface area contributed by atoms with Crippen molar-refractivity contribution in [2.24, 2.45) is 0 Å². The van der Waals surface area contributed by atoms with Gasteiger partial charge in [0.2, 0.25) is 5.91 Å². The summed E-state index contributed by atoms with van der Waals surface area (Å²) >= 11 is 0. The number of aliphatic hydroxyl groups is 1. The van der Waals surface area contributed by atoms with Crippen LogP contribution in [0, 0.1) is 6.92 Å². The van der Waals surface area contributed by atoms with Crippen LogP contribution >= 0.6 is 0 Å². The maximum atomic E-state index is 12.8. The standard InChI is InChI=1S/C25H24N4O3/c1-16-3-2-4-19(11-16)17-5-7-18(8-6-17)24-21-13-28(14-23(31)29(21)22(24)15-30)25(32)20-12-26-9-10-27-20/h2-12,21-22,24,30H,13-15H2,1H3/t21-,22+,24+/m1/s1. The minimum Gasteiger partial charge on any atom is -0.394 e. The number of aryl methyl sites for hydroxylation is 1. The lowest BCUT2D eigenvalue weighted by atomic mass is 9.73. The van der Waals surface area contributed by atoms with E-state index in [1.165, 1.54) is 29.1 Å². The number of fused-ring (bicyclic) bond motifs is 1. The van der Waals surface area contributed by atoms with Crippen molar-refractivity contribution in [2.75, 3.05) is 19.7 Å². The number of carbonyl (C=O) groups is 2. The maximum absolute atomic E-state index is 12.8. The topological polar surface area (TPSA) is 86.6 Å². The van der Waals surface area contributed by atoms with E-state index >= 15 is 0 Å². The Bertz CT molecular complexity index is 1150. The Balaban J connectivity index is 1.39. The lowest BCUT2D eigenvalue weighted by molar-refractivity contribution is -0.159. The number of hydrogen-bond acceptors (Lipinski definition) is 5. The summed E-state index contributed by atoms with van der Waals surface area (Å²) in [5.74, 6) is -0.481. The molecule has 0 aliphatic carbocycles. The molecule has 7 nitrogen and oxygen atoms in total. The molecular weight excluding hydrogens is 404 g/mol. The summed E-state index contributed by atoms with van der Waals surface area (Å²) in [4.78, 5) is 37.0. The molecule has 0 bridgehead atoms. The molecule has 1 aromatic heterocycles. The molecule has 2 fully saturated rings. The zero-order valence-corrected chi connectivity index (χ0v) is 17.8. The molecule has 0 unspecified atom stereocenters. The second-order valence-corrected chi connectivity index (χ2v) is 8.41. The van der Waals surface area contributed by atoms with Crippen LogP contribution < -0.4 is 0 Å². The number of hydrogen-bond donors (Lipinski definition) is 1. The van der Waals surface area contributed by atoms with Crippen LogP contribution in [-0.4, -0.2) is 68.5 Å². The van der Waals surface area contributed by atoms with Gasteiger partial charge in [-0.1, -0.05) is 54.1 Å². The first-order chi connectivity index (χ1) is 15.6. The number of rotatable bonds is 4. The van der Waals surface area contributed by atoms with Crippen molar-refractivity contribution < 1.29 is 14.7 Å². The molecule has 7 heteroatoms. The zero-order valence-electron chi connectivity index (χ0n) is 17.8. The summed E-state index contributed by atoms with van der Waals surface area (Å²) in [6.45, 7) is 2.36. The Kier molecular flexibility index (Phi) is 5.19. The van der Waals surface area contributed by atoms with Crippen molar-refractivity contribution in [1.82, 2.24) is 19.8 Å². The summed E-state index contributed by atoms with van der Waals surface area (Å²) in [7, 11) is 0. The molecule has 32 heavy (non-hydrogen) atoms. The van der Waals surface area contributed by atoms with Crippen LogP contribution in [0.4, 0.5) is 0 Å². The van der Waals surface area contributed by atoms with E-state index in [9.17, 15) is 14.7 Å². The van der Waals surface area contributed by atoms with Crippen molar-refractivity contribution in [3.63, 3.8) is 0 Å². The van der Waals surface area contributed by atoms with Gasteiger partial charge < -0.3 is 14.9 Å². The molecule has 162 valence electrons. The van der Waals surface area contributed by atoms with Gasteiger partial charge in [-0.05, 0) is 23.6 Å². The Morgan fingerprint density at radius 2 is 1.94 bits per heavy atom. The highest BCUT2D eigenvalue weighted by molar-refractivity contribution is 5.96. The first-order valence-corrected chi connectivity index (χ1v) is 10.7. The normalized spacial score (nSPS) is 22.3. The number of aromatic nitrogens is 2. The number of carbonyl (C=O) groups excluding carboxylic acids is 2. The van der Waals surface area contributed by atoms with Crippen LogP contribution in [0.5, 0.6) is 0 Å². The predicted octanol–water partition coefficient (Wildman–Crippen LogP) is 2.26. The van der Waals surface area contributed by atoms with E-state index in [4.69, 9.17) is 0 Å². The smallest absolute Gasteiger partial charge is 0.274 e. The highest BCUT2D eigenvalue weighted by atomic mass is 16.3. The fraction of sp³-hybridized carbons (Fsp3) is 0.280. The average Bonchev–Trinajstić information content (AvgIpc) is 2.81. The molecule has 2 amide bonds. The minimum absolute atomic E-state index is 0.0125. The van der Waals surface area contributed by atoms with Gasteiger partial charge in [-0.15, -0.1) is 0 Å². The highest BCUT2D eigenvalue weighted by Gasteiger charge is 2.54. The highest BCUT2D eigenvalue weighted by Crippen LogP contribution is 2.43. The van der Waals surface area contributed by atoms with Crippen molar-refractivity contribution in [3.8, 4) is 11.1 Å². The summed E-state index contributed by atoms with van der Waals surface area (Å²) in [6, 6.07) is 16.2. The summed E-state index contributed by atoms with van der Waals surface area (Å²) in [5, 5.41) is 10.00. The third-order valence-corrected chi connectivity index (χ3v) is 6.47. The Morgan fingerprint density at radius 1 is 1.12 bits per heavy atom. The van der Waals surface area contributed by atoms with Crippen LogP contribution in [0.3, 0.4) is 0 Å². The Labute approximate surface area is 186 Å². The second-order valence-electron chi connectivity index (χ2n) is 8.41. The SMILES string of the molecule is Cc1cccc(-c2ccc([C@H]3[C@H]4CN(C(=O)c5cnccn5)CC(=O)N4[C@H]3CO)cc2)c1. The number of benzene rings is 2. The molecule has 3 aromatic rings. The largest absolute Gasteiger partial charge is 0.394 e. The van der Waals surface area contributed by atoms with Gasteiger partial charge in [0.15, 0.2) is 0 Å². The van der Waals surface area contributed by atoms with Gasteiger partial charge in [-0.25, -0.2) is 4.98 Å². The first-order valence-electron chi connectivity index (χ1n) is 10.7. The van der Waals surface area contributed by atoms with Crippen LogP contribution in [0.1, 0.15) is 27.5 Å². The van der Waals surface area contributed by atoms with E-state index in [0.717, 1.165) is 16.7 Å². The van der Waals surface area contributed by atoms with Crippen molar-refractivity contribution >= 4 is 11.8 Å². The molecule has 0 saturated carbocycles. The second kappa shape index (κ2) is 8.16. The molecule has 0 spiro atoms. The molecule has 0 radical (unpaired) electrons. The van der Waals surface area contributed by atoms with Crippen LogP contribution in [0.25, 0.3) is 11.1 Å². The van der Waals surface area contributed by atoms with Gasteiger partial charge in [0, 0.05) is 24.9 Å². The quantitative estimate of drug-likeness (QED) is 0.689. The van der Waals surface area contributed by atoms with Gasteiger partial charge in [0.05, 0.1) is 24.9 Å². The number of amides is 2. The average molecular weight is 428 g/mol. The van der Waals surface area contributed by atoms with E-state index in [1.807, 2.05) is 6.07 Å². The predicted molar refractivity (Wildman–Crippen MR) is 119 cm³/mol. The van der Waals surface area contributed by atoms with Gasteiger partial charge >= 0.3 is 0 Å². The fourth-order valence-corrected chi connectivity index (χ4v) is 4.95. The van der Waals surface area contributed by atoms with Crippen LogP contribution in [0.15, 0.2) is 67.1 Å². The van der Waals surface area contributed by atoms with Gasteiger partial charge in [0.1, 0.15) is 12.2 Å². The monoisotopic (exact) mass is 428 g/mol. The molecule has 2 aromatic carbocycles. The molecule has 3 heterocycles. The van der Waals surface area contributed by atoms with E-state index < -0.39 is 0 Å². The number of nitrogens with zero attached hydrogens (tertiary/aromatic N) is 4. The van der Waals surface area contributed by atoms with Gasteiger partial charge in [-0.3, -0.25) is 14.6 Å². The summed E-state index contributed by atoms with van der Waals surface area (Å²) < 4.78 is 0. The molecule has 3 atom stereocenters. The number of aliphatic hydroxyl groups excluding tert-OH is 1. The van der Waals surface area contributed by atoms with Crippen molar-refractivity contribution in [3.05, 3.63) is 83.9 Å². The Hall–Kier alpha value is -3.58. The molecule has 2 aliphatic heterocycles. The van der Waals surface area contributed by atoms with Crippen LogP contribution in [-0.2, 0) is 4.79 Å². The lowest BCUT2D eigenvalue weighted by Gasteiger charge is -2.58. The summed E-state index contributed by atoms with van der Waals surface area (Å²) in [6.07, 6.45) is 4.39. The van der Waals surface area contributed by atoms with Gasteiger partial charge in [0.25, 0.3) is 5.91 Å². The molecule has 2 aliphatic rings. The minimum atomic E-state index is -0.299. The van der Waals surface area contributed by atoms with Crippen LogP contribution in [0.2, 0.25) is 0 Å². The maximum Gasteiger partial charge on any atom is 0.274 e. The molecule has 5 rings (SSSR count). The fourth-order valence-electron chi connectivity index (χ4n) is 4.95. The third kappa shape index (κ3) is 3.44. The van der Waals surface area contributed by atoms with E-state index in [2.05, 4.69) is 59.4 Å². The van der Waals surface area contributed by atoms with Gasteiger partial charge in [-0.2, -0.15) is 0 Å². The van der Waals surface area contributed by atoms with E-state index in [1.54, 1.807) is 4.90 Å². The Morgan fingerprint density at radius 3 is 2.62 bits per heavy atom. The van der Waals surface area contributed by atoms with Crippen molar-refractivity contribution in [1.29, 1.82) is 0 Å². The first kappa shape index (κ1) is 20.3. The van der Waals surface area contributed by atoms with Crippen molar-refractivity contribution in [2.45, 2.75) is 24.9 Å². The molecular formula is C25H24N4O3. The lowest BCUT2D eigenvalue weighted by Crippen LogP contribution is -2.73. The zero-order chi connectivity index (χ0) is 22.2.